The zero-order valence-electron chi connectivity index (χ0n) is 13.1. The van der Waals surface area contributed by atoms with Crippen LogP contribution in [-0.4, -0.2) is 14.9 Å². The van der Waals surface area contributed by atoms with Crippen molar-refractivity contribution < 1.29 is 4.39 Å². The molecule has 0 atom stereocenters. The van der Waals surface area contributed by atoms with Gasteiger partial charge in [-0.15, -0.1) is 0 Å². The Balaban J connectivity index is 1.65. The van der Waals surface area contributed by atoms with Crippen LogP contribution in [0.5, 0.6) is 0 Å². The molecule has 0 aliphatic heterocycles. The van der Waals surface area contributed by atoms with E-state index in [1.54, 1.807) is 41.2 Å². The number of anilines is 2. The van der Waals surface area contributed by atoms with Crippen molar-refractivity contribution in [1.29, 1.82) is 0 Å². The van der Waals surface area contributed by atoms with Crippen molar-refractivity contribution in [2.75, 3.05) is 10.6 Å². The second kappa shape index (κ2) is 8.35. The predicted molar refractivity (Wildman–Crippen MR) is 112 cm³/mol. The van der Waals surface area contributed by atoms with Gasteiger partial charge >= 0.3 is 0 Å². The topological polar surface area (TPSA) is 41.9 Å². The van der Waals surface area contributed by atoms with Gasteiger partial charge in [-0.2, -0.15) is 5.10 Å². The maximum atomic E-state index is 13.9. The second-order valence-corrected chi connectivity index (χ2v) is 7.44. The van der Waals surface area contributed by atoms with Crippen LogP contribution in [0.2, 0.25) is 10.0 Å². The molecule has 0 saturated carbocycles. The highest BCUT2D eigenvalue weighted by Gasteiger charge is 2.10. The summed E-state index contributed by atoms with van der Waals surface area (Å²) in [6, 6.07) is 11.7. The summed E-state index contributed by atoms with van der Waals surface area (Å²) in [5, 5.41) is 11.5. The Bertz CT molecular complexity index is 943. The van der Waals surface area contributed by atoms with Crippen LogP contribution in [0.15, 0.2) is 53.1 Å². The van der Waals surface area contributed by atoms with Crippen LogP contribution in [-0.2, 0) is 6.54 Å². The van der Waals surface area contributed by atoms with E-state index in [4.69, 9.17) is 35.4 Å². The van der Waals surface area contributed by atoms with Gasteiger partial charge in [-0.25, -0.2) is 4.39 Å². The minimum atomic E-state index is -0.371. The molecule has 3 aromatic rings. The van der Waals surface area contributed by atoms with Gasteiger partial charge in [0.1, 0.15) is 5.82 Å². The summed E-state index contributed by atoms with van der Waals surface area (Å²) in [6.45, 7) is 0.214. The Hall–Kier alpha value is -1.67. The molecule has 4 nitrogen and oxygen atoms in total. The smallest absolute Gasteiger partial charge is 0.176 e. The highest BCUT2D eigenvalue weighted by atomic mass is 79.9. The third kappa shape index (κ3) is 4.73. The molecule has 0 aliphatic rings. The van der Waals surface area contributed by atoms with Gasteiger partial charge in [-0.3, -0.25) is 4.68 Å². The summed E-state index contributed by atoms with van der Waals surface area (Å²) in [5.74, 6) is 0.146. The monoisotopic (exact) mass is 472 g/mol. The van der Waals surface area contributed by atoms with Crippen molar-refractivity contribution in [2.45, 2.75) is 6.54 Å². The minimum Gasteiger partial charge on any atom is -0.331 e. The maximum Gasteiger partial charge on any atom is 0.176 e. The largest absolute Gasteiger partial charge is 0.331 e. The van der Waals surface area contributed by atoms with E-state index in [1.165, 1.54) is 6.07 Å². The lowest BCUT2D eigenvalue weighted by molar-refractivity contribution is 0.586. The molecule has 0 fully saturated rings. The molecular weight excluding hydrogens is 462 g/mol. The van der Waals surface area contributed by atoms with Crippen LogP contribution in [0.1, 0.15) is 5.56 Å². The van der Waals surface area contributed by atoms with Gasteiger partial charge in [0.05, 0.1) is 17.3 Å². The molecular formula is C17H12BrCl2FN4S. The molecule has 26 heavy (non-hydrogen) atoms. The molecule has 0 radical (unpaired) electrons. The van der Waals surface area contributed by atoms with E-state index < -0.39 is 0 Å². The molecule has 3 rings (SSSR count). The highest BCUT2D eigenvalue weighted by Crippen LogP contribution is 2.26. The molecule has 2 aromatic carbocycles. The van der Waals surface area contributed by atoms with E-state index in [1.807, 2.05) is 6.07 Å². The number of nitrogens with one attached hydrogen (secondary N) is 2. The number of benzene rings is 2. The molecule has 0 spiro atoms. The van der Waals surface area contributed by atoms with E-state index in [0.29, 0.717) is 32.2 Å². The van der Waals surface area contributed by atoms with Crippen molar-refractivity contribution in [2.24, 2.45) is 0 Å². The second-order valence-electron chi connectivity index (χ2n) is 5.30. The van der Waals surface area contributed by atoms with Crippen LogP contribution in [0.4, 0.5) is 15.9 Å². The average Bonchev–Trinajstić information content (AvgIpc) is 3.01. The normalized spacial score (nSPS) is 10.6. The van der Waals surface area contributed by atoms with E-state index in [0.717, 1.165) is 4.47 Å². The Labute approximate surface area is 173 Å². The lowest BCUT2D eigenvalue weighted by atomic mass is 10.2. The Morgan fingerprint density at radius 3 is 2.69 bits per heavy atom. The van der Waals surface area contributed by atoms with Crippen LogP contribution >= 0.6 is 51.3 Å². The molecule has 0 unspecified atom stereocenters. The predicted octanol–water partition coefficient (Wildman–Crippen LogP) is 5.95. The number of thiocarbonyl (C=S) groups is 1. The molecule has 9 heteroatoms. The zero-order valence-corrected chi connectivity index (χ0v) is 17.1. The molecule has 0 amide bonds. The molecule has 0 saturated heterocycles. The molecule has 134 valence electrons. The van der Waals surface area contributed by atoms with Gasteiger partial charge in [0, 0.05) is 27.3 Å². The van der Waals surface area contributed by atoms with Crippen molar-refractivity contribution in [3.63, 3.8) is 0 Å². The molecule has 0 bridgehead atoms. The number of aromatic nitrogens is 2. The van der Waals surface area contributed by atoms with Crippen molar-refractivity contribution >= 4 is 68.0 Å². The quantitative estimate of drug-likeness (QED) is 0.459. The SMILES string of the molecule is Fc1cccc(Cl)c1Cn1ccc(NC(=S)Nc2ccc(Br)cc2Cl)n1. The number of hydrogen-bond acceptors (Lipinski definition) is 2. The van der Waals surface area contributed by atoms with Crippen molar-refractivity contribution in [3.8, 4) is 0 Å². The van der Waals surface area contributed by atoms with Crippen LogP contribution < -0.4 is 10.6 Å². The zero-order chi connectivity index (χ0) is 18.7. The summed E-state index contributed by atoms with van der Waals surface area (Å²) >= 11 is 20.8. The maximum absolute atomic E-state index is 13.9. The van der Waals surface area contributed by atoms with Gasteiger partial charge in [0.15, 0.2) is 10.9 Å². The van der Waals surface area contributed by atoms with E-state index >= 15 is 0 Å². The standard InChI is InChI=1S/C17H12BrCl2FN4S/c18-10-4-5-15(13(20)8-10)22-17(26)23-16-6-7-25(24-16)9-11-12(19)2-1-3-14(11)21/h1-8H,9H2,(H2,22,23,24,26). The van der Waals surface area contributed by atoms with Crippen LogP contribution in [0.3, 0.4) is 0 Å². The first-order chi connectivity index (χ1) is 12.4. The van der Waals surface area contributed by atoms with Crippen molar-refractivity contribution in [3.05, 3.63) is 74.6 Å². The summed E-state index contributed by atoms with van der Waals surface area (Å²) in [5.41, 5.74) is 1.05. The Kier molecular flexibility index (Phi) is 6.13. The first-order valence-electron chi connectivity index (χ1n) is 7.42. The van der Waals surface area contributed by atoms with E-state index in [-0.39, 0.29) is 12.4 Å². The van der Waals surface area contributed by atoms with Gasteiger partial charge in [-0.05, 0) is 42.5 Å². The fourth-order valence-corrected chi connectivity index (χ4v) is 3.38. The summed E-state index contributed by atoms with van der Waals surface area (Å²) in [7, 11) is 0. The molecule has 1 heterocycles. The molecule has 1 aromatic heterocycles. The number of rotatable bonds is 4. The minimum absolute atomic E-state index is 0.214. The van der Waals surface area contributed by atoms with Crippen molar-refractivity contribution in [1.82, 2.24) is 9.78 Å². The molecule has 0 aliphatic carbocycles. The average molecular weight is 474 g/mol. The first-order valence-corrected chi connectivity index (χ1v) is 9.37. The third-order valence-electron chi connectivity index (χ3n) is 3.44. The van der Waals surface area contributed by atoms with Gasteiger partial charge in [-0.1, -0.05) is 45.2 Å². The van der Waals surface area contributed by atoms with Crippen LogP contribution in [0, 0.1) is 5.82 Å². The Morgan fingerprint density at radius 1 is 1.15 bits per heavy atom. The van der Waals surface area contributed by atoms with Crippen LogP contribution in [0.25, 0.3) is 0 Å². The Morgan fingerprint density at radius 2 is 1.96 bits per heavy atom. The first kappa shape index (κ1) is 19.1. The third-order valence-corrected chi connectivity index (χ3v) is 4.81. The number of nitrogens with zero attached hydrogens (tertiary/aromatic N) is 2. The number of hydrogen-bond donors (Lipinski definition) is 2. The van der Waals surface area contributed by atoms with E-state index in [2.05, 4.69) is 31.7 Å². The van der Waals surface area contributed by atoms with Gasteiger partial charge in [0.25, 0.3) is 0 Å². The lowest BCUT2D eigenvalue weighted by Gasteiger charge is -2.10. The van der Waals surface area contributed by atoms with Gasteiger partial charge in [0.2, 0.25) is 0 Å². The summed E-state index contributed by atoms with van der Waals surface area (Å²) in [4.78, 5) is 0. The summed E-state index contributed by atoms with van der Waals surface area (Å²) < 4.78 is 16.3. The highest BCUT2D eigenvalue weighted by molar-refractivity contribution is 9.10. The number of halogens is 4. The fourth-order valence-electron chi connectivity index (χ4n) is 2.22. The summed E-state index contributed by atoms with van der Waals surface area (Å²) in [6.07, 6.45) is 1.71. The van der Waals surface area contributed by atoms with E-state index in [9.17, 15) is 4.39 Å². The van der Waals surface area contributed by atoms with Gasteiger partial charge < -0.3 is 10.6 Å². The fraction of sp³-hybridized carbons (Fsp3) is 0.0588. The lowest BCUT2D eigenvalue weighted by Crippen LogP contribution is -2.19. The molecule has 2 N–H and O–H groups in total.